The minimum Gasteiger partial charge on any atom is -0.493 e. The average Bonchev–Trinajstić information content (AvgIpc) is 2.64. The van der Waals surface area contributed by atoms with Gasteiger partial charge in [0.25, 0.3) is 0 Å². The molecule has 1 atom stereocenters. The highest BCUT2D eigenvalue weighted by molar-refractivity contribution is 5.76. The molecule has 0 saturated heterocycles. The van der Waals surface area contributed by atoms with E-state index in [1.165, 1.54) is 11.1 Å². The van der Waals surface area contributed by atoms with Crippen molar-refractivity contribution in [1.82, 2.24) is 10.2 Å². The summed E-state index contributed by atoms with van der Waals surface area (Å²) in [5, 5.41) is 3.20. The van der Waals surface area contributed by atoms with Gasteiger partial charge in [-0.1, -0.05) is 42.5 Å². The van der Waals surface area contributed by atoms with Gasteiger partial charge in [0.2, 0.25) is 5.91 Å². The van der Waals surface area contributed by atoms with Crippen molar-refractivity contribution in [3.63, 3.8) is 0 Å². The number of hydrogen-bond donors (Lipinski definition) is 1. The smallest absolute Gasteiger partial charge is 0.220 e. The van der Waals surface area contributed by atoms with Crippen molar-refractivity contribution in [2.24, 2.45) is 0 Å². The third-order valence-electron chi connectivity index (χ3n) is 4.67. The van der Waals surface area contributed by atoms with Crippen LogP contribution >= 0.6 is 0 Å². The topological polar surface area (TPSA) is 41.6 Å². The fourth-order valence-corrected chi connectivity index (χ4v) is 3.23. The van der Waals surface area contributed by atoms with Crippen molar-refractivity contribution in [2.75, 3.05) is 27.2 Å². The second-order valence-corrected chi connectivity index (χ2v) is 7.79. The molecule has 0 fully saturated rings. The Morgan fingerprint density at radius 1 is 1.07 bits per heavy atom. The largest absolute Gasteiger partial charge is 0.493 e. The van der Waals surface area contributed by atoms with Gasteiger partial charge in [0.05, 0.1) is 6.61 Å². The summed E-state index contributed by atoms with van der Waals surface area (Å²) in [5.74, 6) is 1.06. The van der Waals surface area contributed by atoms with Gasteiger partial charge in [-0.3, -0.25) is 4.79 Å². The van der Waals surface area contributed by atoms with Crippen molar-refractivity contribution >= 4 is 5.91 Å². The van der Waals surface area contributed by atoms with Crippen LogP contribution in [0, 0.1) is 13.8 Å². The summed E-state index contributed by atoms with van der Waals surface area (Å²) >= 11 is 0. The van der Waals surface area contributed by atoms with Gasteiger partial charge in [0.1, 0.15) is 5.75 Å². The summed E-state index contributed by atoms with van der Waals surface area (Å²) in [7, 11) is 4.07. The maximum Gasteiger partial charge on any atom is 0.220 e. The zero-order valence-corrected chi connectivity index (χ0v) is 17.7. The van der Waals surface area contributed by atoms with Gasteiger partial charge in [-0.15, -0.1) is 0 Å². The van der Waals surface area contributed by atoms with Crippen LogP contribution in [0.1, 0.15) is 36.0 Å². The van der Waals surface area contributed by atoms with Crippen LogP contribution in [0.5, 0.6) is 5.75 Å². The molecule has 0 spiro atoms. The van der Waals surface area contributed by atoms with Gasteiger partial charge in [0, 0.05) is 19.0 Å². The first-order chi connectivity index (χ1) is 13.4. The van der Waals surface area contributed by atoms with Crippen molar-refractivity contribution in [2.45, 2.75) is 45.6 Å². The van der Waals surface area contributed by atoms with Crippen molar-refractivity contribution in [3.8, 4) is 5.75 Å². The monoisotopic (exact) mass is 382 g/mol. The normalized spacial score (nSPS) is 12.0. The first-order valence-electron chi connectivity index (χ1n) is 10.1. The molecule has 4 heteroatoms. The Kier molecular flexibility index (Phi) is 9.02. The Labute approximate surface area is 169 Å². The van der Waals surface area contributed by atoms with Crippen LogP contribution in [0.25, 0.3) is 0 Å². The SMILES string of the molecule is Cc1ccc(C)c(OCCCCC(=O)NC(Cc2ccccc2)CN(C)C)c1. The van der Waals surface area contributed by atoms with Crippen LogP contribution in [0.4, 0.5) is 0 Å². The second-order valence-electron chi connectivity index (χ2n) is 7.79. The van der Waals surface area contributed by atoms with Crippen LogP contribution in [-0.4, -0.2) is 44.1 Å². The molecule has 1 unspecified atom stereocenters. The summed E-state index contributed by atoms with van der Waals surface area (Å²) < 4.78 is 5.87. The van der Waals surface area contributed by atoms with Crippen LogP contribution in [0.15, 0.2) is 48.5 Å². The Morgan fingerprint density at radius 2 is 1.82 bits per heavy atom. The first-order valence-corrected chi connectivity index (χ1v) is 10.1. The molecule has 0 aliphatic carbocycles. The Bertz CT molecular complexity index is 729. The molecule has 2 aromatic carbocycles. The zero-order valence-electron chi connectivity index (χ0n) is 17.7. The van der Waals surface area contributed by atoms with E-state index in [2.05, 4.69) is 54.4 Å². The summed E-state index contributed by atoms with van der Waals surface area (Å²) in [6.07, 6.45) is 3.09. The van der Waals surface area contributed by atoms with E-state index in [1.54, 1.807) is 0 Å². The standard InChI is InChI=1S/C24H34N2O2/c1-19-13-14-20(2)23(16-19)28-15-9-8-12-24(27)25-22(18-26(3)4)17-21-10-6-5-7-11-21/h5-7,10-11,13-14,16,22H,8-9,12,15,17-18H2,1-4H3,(H,25,27). The lowest BCUT2D eigenvalue weighted by Gasteiger charge is -2.22. The molecular formula is C24H34N2O2. The number of nitrogens with zero attached hydrogens (tertiary/aromatic N) is 1. The average molecular weight is 383 g/mol. The number of carbonyl (C=O) groups is 1. The van der Waals surface area contributed by atoms with E-state index in [0.29, 0.717) is 13.0 Å². The Hall–Kier alpha value is -2.33. The summed E-state index contributed by atoms with van der Waals surface area (Å²) in [6, 6.07) is 16.7. The van der Waals surface area contributed by atoms with Crippen molar-refractivity contribution < 1.29 is 9.53 Å². The number of aryl methyl sites for hydroxylation is 2. The van der Waals surface area contributed by atoms with E-state index in [-0.39, 0.29) is 11.9 Å². The van der Waals surface area contributed by atoms with E-state index < -0.39 is 0 Å². The fraction of sp³-hybridized carbons (Fsp3) is 0.458. The number of rotatable bonds is 11. The van der Waals surface area contributed by atoms with Gasteiger partial charge < -0.3 is 15.0 Å². The van der Waals surface area contributed by atoms with Crippen LogP contribution in [0.2, 0.25) is 0 Å². The van der Waals surface area contributed by atoms with Gasteiger partial charge in [-0.2, -0.15) is 0 Å². The van der Waals surface area contributed by atoms with Crippen LogP contribution in [0.3, 0.4) is 0 Å². The fourth-order valence-electron chi connectivity index (χ4n) is 3.23. The maximum atomic E-state index is 12.4. The molecule has 0 bridgehead atoms. The molecule has 1 N–H and O–H groups in total. The number of ether oxygens (including phenoxy) is 1. The first kappa shape index (κ1) is 22.0. The lowest BCUT2D eigenvalue weighted by atomic mass is 10.1. The molecule has 2 rings (SSSR count). The van der Waals surface area contributed by atoms with Crippen LogP contribution < -0.4 is 10.1 Å². The molecule has 1 amide bonds. The number of likely N-dealkylation sites (N-methyl/N-ethyl adjacent to an activating group) is 1. The molecule has 152 valence electrons. The second kappa shape index (κ2) is 11.5. The quantitative estimate of drug-likeness (QED) is 0.594. The molecule has 4 nitrogen and oxygen atoms in total. The predicted molar refractivity (Wildman–Crippen MR) is 116 cm³/mol. The molecule has 0 radical (unpaired) electrons. The zero-order chi connectivity index (χ0) is 20.4. The predicted octanol–water partition coefficient (Wildman–Crippen LogP) is 4.14. The number of nitrogens with one attached hydrogen (secondary N) is 1. The summed E-state index contributed by atoms with van der Waals surface area (Å²) in [6.45, 7) is 5.59. The van der Waals surface area contributed by atoms with E-state index in [4.69, 9.17) is 4.74 Å². The van der Waals surface area contributed by atoms with E-state index in [9.17, 15) is 4.79 Å². The number of amides is 1. The lowest BCUT2D eigenvalue weighted by molar-refractivity contribution is -0.122. The number of hydrogen-bond acceptors (Lipinski definition) is 3. The summed E-state index contributed by atoms with van der Waals surface area (Å²) in [5.41, 5.74) is 3.60. The van der Waals surface area contributed by atoms with E-state index >= 15 is 0 Å². The minimum atomic E-state index is 0.120. The van der Waals surface area contributed by atoms with Crippen molar-refractivity contribution in [1.29, 1.82) is 0 Å². The highest BCUT2D eigenvalue weighted by Gasteiger charge is 2.14. The number of unbranched alkanes of at least 4 members (excludes halogenated alkanes) is 1. The van der Waals surface area contributed by atoms with Crippen LogP contribution in [-0.2, 0) is 11.2 Å². The molecule has 0 aromatic heterocycles. The number of carbonyl (C=O) groups excluding carboxylic acids is 1. The van der Waals surface area contributed by atoms with Crippen molar-refractivity contribution in [3.05, 3.63) is 65.2 Å². The van der Waals surface area contributed by atoms with Gasteiger partial charge in [0.15, 0.2) is 0 Å². The van der Waals surface area contributed by atoms with Gasteiger partial charge in [-0.05, 0) is 70.0 Å². The lowest BCUT2D eigenvalue weighted by Crippen LogP contribution is -2.43. The molecule has 2 aromatic rings. The number of benzene rings is 2. The molecule has 0 aliphatic rings. The third kappa shape index (κ3) is 8.13. The third-order valence-corrected chi connectivity index (χ3v) is 4.67. The molecule has 28 heavy (non-hydrogen) atoms. The molecule has 0 saturated carbocycles. The van der Waals surface area contributed by atoms with Gasteiger partial charge >= 0.3 is 0 Å². The minimum absolute atomic E-state index is 0.120. The summed E-state index contributed by atoms with van der Waals surface area (Å²) in [4.78, 5) is 14.5. The molecule has 0 aliphatic heterocycles. The van der Waals surface area contributed by atoms with E-state index in [0.717, 1.165) is 37.1 Å². The molecule has 0 heterocycles. The van der Waals surface area contributed by atoms with Gasteiger partial charge in [-0.25, -0.2) is 0 Å². The highest BCUT2D eigenvalue weighted by atomic mass is 16.5. The van der Waals surface area contributed by atoms with E-state index in [1.807, 2.05) is 32.3 Å². The Balaban J connectivity index is 1.72. The Morgan fingerprint density at radius 3 is 2.54 bits per heavy atom. The molecular weight excluding hydrogens is 348 g/mol. The maximum absolute atomic E-state index is 12.4. The highest BCUT2D eigenvalue weighted by Crippen LogP contribution is 2.19.